The second kappa shape index (κ2) is 8.22. The molecule has 3 heterocycles. The molecular weight excluding hydrogens is 414 g/mol. The third-order valence-corrected chi connectivity index (χ3v) is 6.60. The van der Waals surface area contributed by atoms with Gasteiger partial charge in [0.2, 0.25) is 0 Å². The predicted octanol–water partition coefficient (Wildman–Crippen LogP) is 4.40. The molecule has 0 aliphatic rings. The van der Waals surface area contributed by atoms with Gasteiger partial charge in [0.15, 0.2) is 0 Å². The van der Waals surface area contributed by atoms with Crippen LogP contribution in [0.1, 0.15) is 26.5 Å². The molecule has 0 saturated carbocycles. The highest BCUT2D eigenvalue weighted by Crippen LogP contribution is 2.34. The molecule has 4 rings (SSSR count). The van der Waals surface area contributed by atoms with Gasteiger partial charge in [-0.3, -0.25) is 4.79 Å². The Balaban J connectivity index is 1.43. The van der Waals surface area contributed by atoms with Crippen molar-refractivity contribution < 1.29 is 4.79 Å². The summed E-state index contributed by atoms with van der Waals surface area (Å²) in [6, 6.07) is 11.8. The molecule has 28 heavy (non-hydrogen) atoms. The Bertz CT molecular complexity index is 1100. The SMILES string of the molecule is Cc1nc(-c2ccc(Cl)s2)sc1C(=O)NCc1cccc(Cn2cncn2)c1. The molecule has 0 bridgehead atoms. The Labute approximate surface area is 174 Å². The number of thiophene rings is 1. The van der Waals surface area contributed by atoms with E-state index in [1.807, 2.05) is 37.3 Å². The lowest BCUT2D eigenvalue weighted by Gasteiger charge is -2.07. The fraction of sp³-hybridized carbons (Fsp3) is 0.158. The van der Waals surface area contributed by atoms with Gasteiger partial charge >= 0.3 is 0 Å². The fourth-order valence-corrected chi connectivity index (χ4v) is 4.82. The summed E-state index contributed by atoms with van der Waals surface area (Å²) in [5.74, 6) is -0.120. The highest BCUT2D eigenvalue weighted by molar-refractivity contribution is 7.24. The molecule has 1 amide bonds. The number of halogens is 1. The minimum Gasteiger partial charge on any atom is -0.347 e. The molecule has 142 valence electrons. The lowest BCUT2D eigenvalue weighted by molar-refractivity contribution is 0.0954. The van der Waals surface area contributed by atoms with Gasteiger partial charge in [-0.25, -0.2) is 14.6 Å². The van der Waals surface area contributed by atoms with Gasteiger partial charge in [-0.05, 0) is 30.2 Å². The van der Waals surface area contributed by atoms with E-state index >= 15 is 0 Å². The second-order valence-electron chi connectivity index (χ2n) is 6.13. The van der Waals surface area contributed by atoms with Crippen LogP contribution in [0, 0.1) is 6.92 Å². The smallest absolute Gasteiger partial charge is 0.263 e. The topological polar surface area (TPSA) is 72.7 Å². The summed E-state index contributed by atoms with van der Waals surface area (Å²) in [6.07, 6.45) is 3.19. The maximum absolute atomic E-state index is 12.6. The summed E-state index contributed by atoms with van der Waals surface area (Å²) in [7, 11) is 0. The molecule has 0 fully saturated rings. The molecule has 0 saturated heterocycles. The van der Waals surface area contributed by atoms with Gasteiger partial charge < -0.3 is 5.32 Å². The van der Waals surface area contributed by atoms with Crippen LogP contribution < -0.4 is 5.32 Å². The Morgan fingerprint density at radius 3 is 2.82 bits per heavy atom. The third-order valence-electron chi connectivity index (χ3n) is 4.04. The van der Waals surface area contributed by atoms with Crippen molar-refractivity contribution in [1.82, 2.24) is 25.1 Å². The van der Waals surface area contributed by atoms with Crippen LogP contribution >= 0.6 is 34.3 Å². The highest BCUT2D eigenvalue weighted by Gasteiger charge is 2.17. The molecule has 0 atom stereocenters. The molecule has 4 aromatic rings. The lowest BCUT2D eigenvalue weighted by Crippen LogP contribution is -2.22. The van der Waals surface area contributed by atoms with Gasteiger partial charge in [0, 0.05) is 6.54 Å². The molecule has 0 unspecified atom stereocenters. The number of thiazole rings is 1. The van der Waals surface area contributed by atoms with Crippen LogP contribution in [0.2, 0.25) is 4.34 Å². The number of amides is 1. The number of nitrogens with zero attached hydrogens (tertiary/aromatic N) is 4. The van der Waals surface area contributed by atoms with E-state index in [-0.39, 0.29) is 5.91 Å². The lowest BCUT2D eigenvalue weighted by atomic mass is 10.1. The summed E-state index contributed by atoms with van der Waals surface area (Å²) in [6.45, 7) is 2.94. The van der Waals surface area contributed by atoms with E-state index in [2.05, 4.69) is 26.4 Å². The largest absolute Gasteiger partial charge is 0.347 e. The first kappa shape index (κ1) is 18.8. The summed E-state index contributed by atoms with van der Waals surface area (Å²) in [5, 5.41) is 7.92. The monoisotopic (exact) mass is 429 g/mol. The first-order chi connectivity index (χ1) is 13.6. The number of hydrogen-bond acceptors (Lipinski definition) is 6. The number of nitrogens with one attached hydrogen (secondary N) is 1. The van der Waals surface area contributed by atoms with Crippen molar-refractivity contribution in [3.8, 4) is 9.88 Å². The van der Waals surface area contributed by atoms with Crippen LogP contribution in [0.5, 0.6) is 0 Å². The van der Waals surface area contributed by atoms with Gasteiger partial charge in [-0.15, -0.1) is 22.7 Å². The summed E-state index contributed by atoms with van der Waals surface area (Å²) < 4.78 is 2.47. The number of aromatic nitrogens is 4. The van der Waals surface area contributed by atoms with E-state index in [9.17, 15) is 4.79 Å². The van der Waals surface area contributed by atoms with Crippen LogP contribution in [-0.2, 0) is 13.1 Å². The van der Waals surface area contributed by atoms with E-state index in [4.69, 9.17) is 11.6 Å². The maximum Gasteiger partial charge on any atom is 0.263 e. The normalized spacial score (nSPS) is 10.9. The average molecular weight is 430 g/mol. The molecule has 0 aliphatic carbocycles. The summed E-state index contributed by atoms with van der Waals surface area (Å²) in [5.41, 5.74) is 2.85. The van der Waals surface area contributed by atoms with Crippen LogP contribution in [0.25, 0.3) is 9.88 Å². The molecule has 0 radical (unpaired) electrons. The van der Waals surface area contributed by atoms with Crippen LogP contribution in [-0.4, -0.2) is 25.7 Å². The van der Waals surface area contributed by atoms with E-state index in [0.717, 1.165) is 26.7 Å². The van der Waals surface area contributed by atoms with Crippen LogP contribution in [0.15, 0.2) is 49.1 Å². The van der Waals surface area contributed by atoms with Crippen molar-refractivity contribution in [1.29, 1.82) is 0 Å². The average Bonchev–Trinajstić information content (AvgIpc) is 3.42. The Kier molecular flexibility index (Phi) is 5.52. The quantitative estimate of drug-likeness (QED) is 0.493. The Morgan fingerprint density at radius 1 is 1.21 bits per heavy atom. The van der Waals surface area contributed by atoms with Crippen LogP contribution in [0.4, 0.5) is 0 Å². The minimum atomic E-state index is -0.120. The maximum atomic E-state index is 12.6. The first-order valence-electron chi connectivity index (χ1n) is 8.50. The number of benzene rings is 1. The molecule has 9 heteroatoms. The minimum absolute atomic E-state index is 0.120. The van der Waals surface area contributed by atoms with Crippen molar-refractivity contribution in [2.75, 3.05) is 0 Å². The standard InChI is InChI=1S/C19H16ClN5OS2/c1-12-17(28-19(24-12)15-5-6-16(20)27-15)18(26)22-8-13-3-2-4-14(7-13)9-25-11-21-10-23-25/h2-7,10-11H,8-9H2,1H3,(H,22,26). The summed E-state index contributed by atoms with van der Waals surface area (Å²) >= 11 is 8.84. The van der Waals surface area contributed by atoms with E-state index < -0.39 is 0 Å². The zero-order valence-corrected chi connectivity index (χ0v) is 17.3. The number of carbonyl (C=O) groups excluding carboxylic acids is 1. The molecule has 1 N–H and O–H groups in total. The molecule has 0 aliphatic heterocycles. The van der Waals surface area contributed by atoms with Gasteiger partial charge in [0.05, 0.1) is 21.5 Å². The van der Waals surface area contributed by atoms with Crippen molar-refractivity contribution in [3.63, 3.8) is 0 Å². The molecule has 0 spiro atoms. The van der Waals surface area contributed by atoms with E-state index in [1.165, 1.54) is 29.0 Å². The van der Waals surface area contributed by atoms with Crippen molar-refractivity contribution in [3.05, 3.63) is 75.1 Å². The number of aryl methyl sites for hydroxylation is 1. The molecule has 3 aromatic heterocycles. The molecular formula is C19H16ClN5OS2. The number of hydrogen-bond donors (Lipinski definition) is 1. The fourth-order valence-electron chi connectivity index (χ4n) is 2.74. The predicted molar refractivity (Wildman–Crippen MR) is 112 cm³/mol. The third kappa shape index (κ3) is 4.30. The Hall–Kier alpha value is -2.55. The first-order valence-corrected chi connectivity index (χ1v) is 10.5. The zero-order valence-electron chi connectivity index (χ0n) is 14.9. The van der Waals surface area contributed by atoms with Crippen molar-refractivity contribution in [2.24, 2.45) is 0 Å². The second-order valence-corrected chi connectivity index (χ2v) is 8.85. The van der Waals surface area contributed by atoms with Crippen molar-refractivity contribution >= 4 is 40.2 Å². The molecule has 1 aromatic carbocycles. The van der Waals surface area contributed by atoms with Gasteiger partial charge in [0.25, 0.3) is 5.91 Å². The number of carbonyl (C=O) groups is 1. The van der Waals surface area contributed by atoms with E-state index in [0.29, 0.717) is 22.3 Å². The Morgan fingerprint density at radius 2 is 2.07 bits per heavy atom. The van der Waals surface area contributed by atoms with Crippen molar-refractivity contribution in [2.45, 2.75) is 20.0 Å². The van der Waals surface area contributed by atoms with Gasteiger partial charge in [-0.2, -0.15) is 5.10 Å². The zero-order chi connectivity index (χ0) is 19.5. The molecule has 6 nitrogen and oxygen atoms in total. The van der Waals surface area contributed by atoms with Gasteiger partial charge in [-0.1, -0.05) is 35.9 Å². The highest BCUT2D eigenvalue weighted by atomic mass is 35.5. The van der Waals surface area contributed by atoms with E-state index in [1.54, 1.807) is 11.0 Å². The van der Waals surface area contributed by atoms with Gasteiger partial charge in [0.1, 0.15) is 22.5 Å². The van der Waals surface area contributed by atoms with Crippen LogP contribution in [0.3, 0.4) is 0 Å². The summed E-state index contributed by atoms with van der Waals surface area (Å²) in [4.78, 5) is 22.7. The number of rotatable bonds is 6.